The summed E-state index contributed by atoms with van der Waals surface area (Å²) in [6.07, 6.45) is 0. The van der Waals surface area contributed by atoms with Crippen molar-refractivity contribution >= 4 is 15.7 Å². The lowest BCUT2D eigenvalue weighted by Crippen LogP contribution is -2.43. The molecule has 0 spiro atoms. The number of hydrogen-bond acceptors (Lipinski definition) is 5. The van der Waals surface area contributed by atoms with Gasteiger partial charge in [0.15, 0.2) is 0 Å². The molecule has 0 radical (unpaired) electrons. The van der Waals surface area contributed by atoms with E-state index >= 15 is 0 Å². The Kier molecular flexibility index (Phi) is 6.95. The van der Waals surface area contributed by atoms with E-state index in [2.05, 4.69) is 38.8 Å². The topological polar surface area (TPSA) is 61.9 Å². The first-order chi connectivity index (χ1) is 13.8. The Hall–Kier alpha value is -1.93. The highest BCUT2D eigenvalue weighted by Crippen LogP contribution is 2.25. The minimum absolute atomic E-state index is 0.0457. The van der Waals surface area contributed by atoms with Crippen molar-refractivity contribution in [3.05, 3.63) is 59.2 Å². The van der Waals surface area contributed by atoms with Crippen LogP contribution in [0.2, 0.25) is 0 Å². The van der Waals surface area contributed by atoms with Gasteiger partial charge in [0.25, 0.3) is 0 Å². The van der Waals surface area contributed by atoms with Gasteiger partial charge in [0.1, 0.15) is 0 Å². The Bertz CT molecular complexity index is 921. The molecule has 1 saturated heterocycles. The van der Waals surface area contributed by atoms with Crippen molar-refractivity contribution in [2.24, 2.45) is 0 Å². The van der Waals surface area contributed by atoms with Crippen LogP contribution in [0, 0.1) is 13.8 Å². The van der Waals surface area contributed by atoms with Crippen molar-refractivity contribution in [3.63, 3.8) is 0 Å². The van der Waals surface area contributed by atoms with E-state index in [0.29, 0.717) is 24.7 Å². The zero-order valence-corrected chi connectivity index (χ0v) is 18.5. The van der Waals surface area contributed by atoms with Crippen molar-refractivity contribution in [2.45, 2.75) is 24.8 Å². The molecule has 1 N–H and O–H groups in total. The van der Waals surface area contributed by atoms with Crippen LogP contribution in [0.3, 0.4) is 0 Å². The van der Waals surface area contributed by atoms with Gasteiger partial charge in [0, 0.05) is 45.5 Å². The predicted molar refractivity (Wildman–Crippen MR) is 117 cm³/mol. The number of sulfonamides is 1. The fraction of sp³-hybridized carbons (Fsp3) is 0.455. The predicted octanol–water partition coefficient (Wildman–Crippen LogP) is 2.72. The second kappa shape index (κ2) is 9.26. The molecule has 0 unspecified atom stereocenters. The Morgan fingerprint density at radius 1 is 1.07 bits per heavy atom. The van der Waals surface area contributed by atoms with Crippen LogP contribution in [0.15, 0.2) is 47.4 Å². The van der Waals surface area contributed by atoms with E-state index in [0.717, 1.165) is 35.5 Å². The first-order valence-electron chi connectivity index (χ1n) is 9.94. The minimum Gasteiger partial charge on any atom is -0.379 e. The summed E-state index contributed by atoms with van der Waals surface area (Å²) >= 11 is 0. The molecule has 1 fully saturated rings. The van der Waals surface area contributed by atoms with Crippen molar-refractivity contribution in [2.75, 3.05) is 51.8 Å². The molecule has 1 aliphatic rings. The van der Waals surface area contributed by atoms with Gasteiger partial charge < -0.3 is 9.64 Å². The molecule has 0 saturated carbocycles. The van der Waals surface area contributed by atoms with Crippen LogP contribution in [0.5, 0.6) is 0 Å². The van der Waals surface area contributed by atoms with Crippen LogP contribution in [0.25, 0.3) is 0 Å². The molecule has 0 aromatic heterocycles. The number of rotatable bonds is 7. The number of nitrogens with zero attached hydrogens (tertiary/aromatic N) is 2. The summed E-state index contributed by atoms with van der Waals surface area (Å²) in [7, 11) is 0.426. The molecule has 7 heteroatoms. The molecule has 2 aromatic rings. The number of hydrogen-bond donors (Lipinski definition) is 1. The van der Waals surface area contributed by atoms with Crippen LogP contribution < -0.4 is 9.62 Å². The molecule has 2 aromatic carbocycles. The van der Waals surface area contributed by atoms with E-state index in [1.165, 1.54) is 0 Å². The van der Waals surface area contributed by atoms with Gasteiger partial charge in [-0.1, -0.05) is 29.8 Å². The normalized spacial score (nSPS) is 16.6. The summed E-state index contributed by atoms with van der Waals surface area (Å²) in [4.78, 5) is 4.68. The lowest BCUT2D eigenvalue weighted by atomic mass is 10.0. The summed E-state index contributed by atoms with van der Waals surface area (Å²) in [6, 6.07) is 13.7. The molecule has 3 rings (SSSR count). The highest BCUT2D eigenvalue weighted by Gasteiger charge is 2.25. The van der Waals surface area contributed by atoms with Crippen LogP contribution in [-0.4, -0.2) is 60.3 Å². The first kappa shape index (κ1) is 21.8. The zero-order valence-electron chi connectivity index (χ0n) is 17.7. The van der Waals surface area contributed by atoms with Gasteiger partial charge in [-0.15, -0.1) is 0 Å². The fourth-order valence-electron chi connectivity index (χ4n) is 3.71. The molecule has 29 heavy (non-hydrogen) atoms. The largest absolute Gasteiger partial charge is 0.379 e. The van der Waals surface area contributed by atoms with E-state index < -0.39 is 10.0 Å². The Morgan fingerprint density at radius 2 is 1.72 bits per heavy atom. The molecule has 6 nitrogen and oxygen atoms in total. The third kappa shape index (κ3) is 5.36. The highest BCUT2D eigenvalue weighted by molar-refractivity contribution is 7.89. The maximum atomic E-state index is 13.0. The smallest absolute Gasteiger partial charge is 0.240 e. The van der Waals surface area contributed by atoms with E-state index in [-0.39, 0.29) is 6.04 Å². The molecule has 1 heterocycles. The van der Waals surface area contributed by atoms with Gasteiger partial charge in [0.05, 0.1) is 18.1 Å². The number of aryl methyl sites for hydroxylation is 2. The second-order valence-corrected chi connectivity index (χ2v) is 9.51. The van der Waals surface area contributed by atoms with Gasteiger partial charge in [-0.2, -0.15) is 0 Å². The maximum absolute atomic E-state index is 13.0. The molecule has 1 atom stereocenters. The van der Waals surface area contributed by atoms with E-state index in [4.69, 9.17) is 4.74 Å². The summed E-state index contributed by atoms with van der Waals surface area (Å²) in [5.41, 5.74) is 4.02. The van der Waals surface area contributed by atoms with Crippen LogP contribution in [0.4, 0.5) is 5.69 Å². The van der Waals surface area contributed by atoms with E-state index in [1.54, 1.807) is 6.07 Å². The van der Waals surface area contributed by atoms with Gasteiger partial charge in [0.2, 0.25) is 10.0 Å². The molecule has 1 aliphatic heterocycles. The molecular weight excluding hydrogens is 386 g/mol. The average Bonchev–Trinajstić information content (AvgIpc) is 2.69. The van der Waals surface area contributed by atoms with Crippen LogP contribution in [0.1, 0.15) is 22.7 Å². The van der Waals surface area contributed by atoms with Crippen LogP contribution >= 0.6 is 0 Å². The van der Waals surface area contributed by atoms with Crippen molar-refractivity contribution in [1.29, 1.82) is 0 Å². The van der Waals surface area contributed by atoms with Gasteiger partial charge in [-0.05, 0) is 43.2 Å². The standard InChI is InChI=1S/C22H31N3O3S/c1-17-5-10-22(18(2)15-17)29(26,27)23-16-21(25-11-13-28-14-12-25)19-6-8-20(9-7-19)24(3)4/h5-10,15,21,23H,11-14,16H2,1-4H3/t21-/m0/s1. The van der Waals surface area contributed by atoms with E-state index in [9.17, 15) is 8.42 Å². The third-order valence-corrected chi connectivity index (χ3v) is 6.95. The monoisotopic (exact) mass is 417 g/mol. The molecule has 158 valence electrons. The third-order valence-electron chi connectivity index (χ3n) is 5.37. The van der Waals surface area contributed by atoms with Crippen molar-refractivity contribution in [3.8, 4) is 0 Å². The fourth-order valence-corrected chi connectivity index (χ4v) is 4.97. The lowest BCUT2D eigenvalue weighted by molar-refractivity contribution is 0.0172. The SMILES string of the molecule is Cc1ccc(S(=O)(=O)NC[C@@H](c2ccc(N(C)C)cc2)N2CCOCC2)c(C)c1. The Labute approximate surface area is 174 Å². The molecular formula is C22H31N3O3S. The summed E-state index contributed by atoms with van der Waals surface area (Å²) in [6.45, 7) is 7.00. The number of anilines is 1. The molecule has 0 bridgehead atoms. The number of ether oxygens (including phenoxy) is 1. The summed E-state index contributed by atoms with van der Waals surface area (Å²) in [5, 5.41) is 0. The number of morpholine rings is 1. The van der Waals surface area contributed by atoms with Crippen molar-refractivity contribution < 1.29 is 13.2 Å². The second-order valence-electron chi connectivity index (χ2n) is 7.77. The van der Waals surface area contributed by atoms with Gasteiger partial charge >= 0.3 is 0 Å². The number of benzene rings is 2. The van der Waals surface area contributed by atoms with Crippen molar-refractivity contribution in [1.82, 2.24) is 9.62 Å². The number of nitrogens with one attached hydrogen (secondary N) is 1. The van der Waals surface area contributed by atoms with Gasteiger partial charge in [-0.25, -0.2) is 13.1 Å². The Morgan fingerprint density at radius 3 is 2.31 bits per heavy atom. The molecule has 0 aliphatic carbocycles. The lowest BCUT2D eigenvalue weighted by Gasteiger charge is -2.35. The highest BCUT2D eigenvalue weighted by atomic mass is 32.2. The van der Waals surface area contributed by atoms with Gasteiger partial charge in [-0.3, -0.25) is 4.90 Å². The summed E-state index contributed by atoms with van der Waals surface area (Å²) in [5.74, 6) is 0. The Balaban J connectivity index is 1.82. The average molecular weight is 418 g/mol. The first-order valence-corrected chi connectivity index (χ1v) is 11.4. The quantitative estimate of drug-likeness (QED) is 0.751. The van der Waals surface area contributed by atoms with E-state index in [1.807, 2.05) is 40.1 Å². The summed E-state index contributed by atoms with van der Waals surface area (Å²) < 4.78 is 34.3. The molecule has 0 amide bonds. The maximum Gasteiger partial charge on any atom is 0.240 e. The zero-order chi connectivity index (χ0) is 21.0. The van der Waals surface area contributed by atoms with Crippen LogP contribution in [-0.2, 0) is 14.8 Å². The minimum atomic E-state index is -3.59.